The van der Waals surface area contributed by atoms with Crippen LogP contribution in [0, 0.1) is 0 Å². The largest absolute Gasteiger partial charge is 0.392 e. The van der Waals surface area contributed by atoms with Gasteiger partial charge in [0.15, 0.2) is 6.29 Å². The molecule has 0 amide bonds. The lowest BCUT2D eigenvalue weighted by atomic mass is 9.99. The summed E-state index contributed by atoms with van der Waals surface area (Å²) in [6.07, 6.45) is 0.321. The molecule has 2 aliphatic rings. The van der Waals surface area contributed by atoms with Gasteiger partial charge in [-0.15, -0.1) is 0 Å². The average molecular weight is 475 g/mol. The maximum Gasteiger partial charge on any atom is 0.184 e. The number of aliphatic hydroxyl groups is 1. The molecule has 0 aliphatic carbocycles. The van der Waals surface area contributed by atoms with Crippen molar-refractivity contribution in [2.45, 2.75) is 38.1 Å². The van der Waals surface area contributed by atoms with E-state index in [1.54, 1.807) is 0 Å². The zero-order valence-electron chi connectivity index (χ0n) is 20.0. The van der Waals surface area contributed by atoms with Crippen molar-refractivity contribution in [2.24, 2.45) is 5.73 Å². The monoisotopic (exact) mass is 474 g/mol. The van der Waals surface area contributed by atoms with Gasteiger partial charge in [-0.2, -0.15) is 0 Å². The summed E-state index contributed by atoms with van der Waals surface area (Å²) in [7, 11) is 0. The summed E-state index contributed by atoms with van der Waals surface area (Å²) in [5, 5.41) is 9.41. The zero-order valence-corrected chi connectivity index (χ0v) is 20.0. The third kappa shape index (κ3) is 5.98. The molecular weight excluding hydrogens is 440 g/mol. The summed E-state index contributed by atoms with van der Waals surface area (Å²) in [6, 6.07) is 24.8. The Balaban J connectivity index is 1.36. The summed E-state index contributed by atoms with van der Waals surface area (Å²) < 4.78 is 18.5. The molecule has 3 unspecified atom stereocenters. The molecule has 6 nitrogen and oxygen atoms in total. The highest BCUT2D eigenvalue weighted by Gasteiger charge is 2.33. The molecule has 184 valence electrons. The van der Waals surface area contributed by atoms with E-state index in [9.17, 15) is 5.11 Å². The van der Waals surface area contributed by atoms with Gasteiger partial charge in [0.05, 0.1) is 32.0 Å². The van der Waals surface area contributed by atoms with Crippen molar-refractivity contribution >= 4 is 0 Å². The molecule has 2 saturated heterocycles. The second-order valence-corrected chi connectivity index (χ2v) is 9.29. The minimum absolute atomic E-state index is 0.0394. The zero-order chi connectivity index (χ0) is 24.0. The first kappa shape index (κ1) is 24.1. The fraction of sp³-hybridized carbons (Fsp3) is 0.379. The summed E-state index contributed by atoms with van der Waals surface area (Å²) in [4.78, 5) is 2.41. The molecule has 0 bridgehead atoms. The van der Waals surface area contributed by atoms with Gasteiger partial charge in [-0.3, -0.25) is 4.90 Å². The maximum absolute atomic E-state index is 9.41. The van der Waals surface area contributed by atoms with Gasteiger partial charge >= 0.3 is 0 Å². The fourth-order valence-electron chi connectivity index (χ4n) is 4.82. The third-order valence-corrected chi connectivity index (χ3v) is 6.86. The molecule has 5 rings (SSSR count). The first-order chi connectivity index (χ1) is 17.2. The highest BCUT2D eigenvalue weighted by atomic mass is 16.7. The normalized spacial score (nSPS) is 23.3. The van der Waals surface area contributed by atoms with E-state index in [1.807, 2.05) is 24.3 Å². The smallest absolute Gasteiger partial charge is 0.184 e. The van der Waals surface area contributed by atoms with Gasteiger partial charge in [0.2, 0.25) is 0 Å². The molecule has 3 atom stereocenters. The number of aliphatic hydroxyl groups excluding tert-OH is 1. The lowest BCUT2D eigenvalue weighted by Gasteiger charge is -2.39. The number of rotatable bonds is 7. The molecule has 0 aromatic heterocycles. The van der Waals surface area contributed by atoms with Crippen LogP contribution >= 0.6 is 0 Å². The van der Waals surface area contributed by atoms with Gasteiger partial charge in [-0.1, -0.05) is 66.7 Å². The van der Waals surface area contributed by atoms with Crippen molar-refractivity contribution in [1.29, 1.82) is 0 Å². The average Bonchev–Trinajstić information content (AvgIpc) is 2.93. The molecule has 35 heavy (non-hydrogen) atoms. The first-order valence-electron chi connectivity index (χ1n) is 12.4. The van der Waals surface area contributed by atoms with Crippen LogP contribution in [0.4, 0.5) is 0 Å². The van der Waals surface area contributed by atoms with Crippen molar-refractivity contribution in [3.63, 3.8) is 0 Å². The Morgan fingerprint density at radius 3 is 2.29 bits per heavy atom. The van der Waals surface area contributed by atoms with Crippen LogP contribution in [0.1, 0.15) is 41.1 Å². The van der Waals surface area contributed by atoms with Crippen molar-refractivity contribution in [3.8, 4) is 11.1 Å². The van der Waals surface area contributed by atoms with Crippen LogP contribution in [0.25, 0.3) is 11.1 Å². The molecule has 0 radical (unpaired) electrons. The predicted molar refractivity (Wildman–Crippen MR) is 135 cm³/mol. The van der Waals surface area contributed by atoms with Gasteiger partial charge in [0.25, 0.3) is 0 Å². The summed E-state index contributed by atoms with van der Waals surface area (Å²) in [6.45, 7) is 4.82. The Hall–Kier alpha value is -2.58. The lowest BCUT2D eigenvalue weighted by molar-refractivity contribution is -0.253. The van der Waals surface area contributed by atoms with Gasteiger partial charge < -0.3 is 25.1 Å². The van der Waals surface area contributed by atoms with Crippen molar-refractivity contribution in [1.82, 2.24) is 4.90 Å². The van der Waals surface area contributed by atoms with E-state index < -0.39 is 6.29 Å². The van der Waals surface area contributed by atoms with Crippen molar-refractivity contribution in [2.75, 3.05) is 32.8 Å². The standard InChI is InChI=1S/C29H34N2O4/c30-18-22-2-1-3-26(16-22)23-8-10-25(11-9-23)29-34-27(19-31-12-14-33-15-13-31)17-28(35-29)24-6-4-21(20-32)5-7-24/h1-11,16,27-29,32H,12-15,17-20,30H2. The van der Waals surface area contributed by atoms with Crippen LogP contribution in [0.3, 0.4) is 0 Å². The van der Waals surface area contributed by atoms with Crippen molar-refractivity contribution < 1.29 is 19.3 Å². The first-order valence-corrected chi connectivity index (χ1v) is 12.4. The minimum atomic E-state index is -0.443. The Kier molecular flexibility index (Phi) is 7.88. The molecule has 3 aromatic rings. The topological polar surface area (TPSA) is 77.2 Å². The van der Waals surface area contributed by atoms with E-state index in [4.69, 9.17) is 19.9 Å². The van der Waals surface area contributed by atoms with Crippen molar-refractivity contribution in [3.05, 3.63) is 95.1 Å². The third-order valence-electron chi connectivity index (χ3n) is 6.86. The van der Waals surface area contributed by atoms with Gasteiger partial charge in [0.1, 0.15) is 0 Å². The van der Waals surface area contributed by atoms with Gasteiger partial charge in [-0.25, -0.2) is 0 Å². The highest BCUT2D eigenvalue weighted by Crippen LogP contribution is 2.38. The van der Waals surface area contributed by atoms with Crippen LogP contribution in [-0.4, -0.2) is 49.0 Å². The number of hydrogen-bond donors (Lipinski definition) is 2. The second-order valence-electron chi connectivity index (χ2n) is 9.29. The van der Waals surface area contributed by atoms with E-state index in [0.29, 0.717) is 6.54 Å². The number of benzene rings is 3. The summed E-state index contributed by atoms with van der Waals surface area (Å²) in [5.74, 6) is 0. The summed E-state index contributed by atoms with van der Waals surface area (Å²) >= 11 is 0. The van der Waals surface area contributed by atoms with Gasteiger partial charge in [-0.05, 0) is 33.9 Å². The molecule has 2 heterocycles. The minimum Gasteiger partial charge on any atom is -0.392 e. The molecule has 2 fully saturated rings. The molecule has 2 aliphatic heterocycles. The SMILES string of the molecule is NCc1cccc(-c2ccc(C3OC(CN4CCOCC4)CC(c4ccc(CO)cc4)O3)cc2)c1. The van der Waals surface area contributed by atoms with Crippen LogP contribution < -0.4 is 5.73 Å². The van der Waals surface area contributed by atoms with Gasteiger partial charge in [0, 0.05) is 38.2 Å². The second kappa shape index (κ2) is 11.4. The van der Waals surface area contributed by atoms with Crippen LogP contribution in [0.2, 0.25) is 0 Å². The van der Waals surface area contributed by atoms with Crippen LogP contribution in [0.5, 0.6) is 0 Å². The molecular formula is C29H34N2O4. The molecule has 3 N–H and O–H groups in total. The Labute approximate surface area is 207 Å². The van der Waals surface area contributed by atoms with E-state index in [0.717, 1.165) is 72.6 Å². The Morgan fingerprint density at radius 2 is 1.57 bits per heavy atom. The number of nitrogens with zero attached hydrogens (tertiary/aromatic N) is 1. The molecule has 6 heteroatoms. The number of ether oxygens (including phenoxy) is 3. The number of nitrogens with two attached hydrogens (primary N) is 1. The maximum atomic E-state index is 9.41. The quantitative estimate of drug-likeness (QED) is 0.535. The Bertz CT molecular complexity index is 1080. The number of morpholine rings is 1. The lowest BCUT2D eigenvalue weighted by Crippen LogP contribution is -2.44. The molecule has 0 spiro atoms. The van der Waals surface area contributed by atoms with E-state index >= 15 is 0 Å². The molecule has 3 aromatic carbocycles. The predicted octanol–water partition coefficient (Wildman–Crippen LogP) is 4.18. The van der Waals surface area contributed by atoms with E-state index in [-0.39, 0.29) is 18.8 Å². The summed E-state index contributed by atoms with van der Waals surface area (Å²) in [5.41, 5.74) is 12.2. The van der Waals surface area contributed by atoms with Crippen LogP contribution in [-0.2, 0) is 27.4 Å². The van der Waals surface area contributed by atoms with E-state index in [2.05, 4.69) is 53.4 Å². The highest BCUT2D eigenvalue weighted by molar-refractivity contribution is 5.64. The Morgan fingerprint density at radius 1 is 0.829 bits per heavy atom. The fourth-order valence-corrected chi connectivity index (χ4v) is 4.82. The van der Waals surface area contributed by atoms with E-state index in [1.165, 1.54) is 0 Å². The van der Waals surface area contributed by atoms with Crippen LogP contribution in [0.15, 0.2) is 72.8 Å². The number of hydrogen-bond acceptors (Lipinski definition) is 6. The molecule has 0 saturated carbocycles.